The van der Waals surface area contributed by atoms with E-state index in [2.05, 4.69) is 6.92 Å². The van der Waals surface area contributed by atoms with Gasteiger partial charge in [-0.2, -0.15) is 0 Å². The second-order valence-corrected chi connectivity index (χ2v) is 2.05. The molecule has 0 rings (SSSR count). The third-order valence-corrected chi connectivity index (χ3v) is 1.05. The smallest absolute Gasteiger partial charge is 0.302 e. The summed E-state index contributed by atoms with van der Waals surface area (Å²) in [7, 11) is 0. The molecule has 0 amide bonds. The highest BCUT2D eigenvalue weighted by Crippen LogP contribution is 1.93. The molecule has 0 bridgehead atoms. The Morgan fingerprint density at radius 1 is 1.40 bits per heavy atom. The van der Waals surface area contributed by atoms with Gasteiger partial charge in [-0.3, -0.25) is 4.79 Å². The van der Waals surface area contributed by atoms with Gasteiger partial charge in [-0.15, -0.1) is 0 Å². The minimum atomic E-state index is -0.175. The molecule has 0 aliphatic rings. The van der Waals surface area contributed by atoms with Gasteiger partial charge in [-0.05, 0) is 6.42 Å². The topological polar surface area (TPSA) is 57.8 Å². The molecule has 0 aliphatic heterocycles. The fraction of sp³-hybridized carbons (Fsp3) is 0.857. The summed E-state index contributed by atoms with van der Waals surface area (Å²) < 4.78 is 4.70. The van der Waals surface area contributed by atoms with Crippen LogP contribution in [0.4, 0.5) is 0 Å². The fourth-order valence-corrected chi connectivity index (χ4v) is 0.568. The molecule has 0 unspecified atom stereocenters. The highest BCUT2D eigenvalue weighted by molar-refractivity contribution is 5.65. The quantitative estimate of drug-likeness (QED) is 0.439. The zero-order valence-electron chi connectivity index (χ0n) is 6.64. The lowest BCUT2D eigenvalue weighted by Crippen LogP contribution is -1.99. The lowest BCUT2D eigenvalue weighted by atomic mass is 10.3. The molecule has 0 aliphatic carbocycles. The number of carbonyl (C=O) groups is 1. The van der Waals surface area contributed by atoms with E-state index in [1.54, 1.807) is 0 Å². The maximum atomic E-state index is 10.2. The van der Waals surface area contributed by atoms with E-state index in [0.717, 1.165) is 12.8 Å². The van der Waals surface area contributed by atoms with Crippen LogP contribution in [0.2, 0.25) is 0 Å². The number of rotatable bonds is 4. The standard InChI is InChI=1S/C7H14O2.H2O/c1-3-4-5-6-9-7(2)8;/h3-6H2,1-2H3;1H2. The highest BCUT2D eigenvalue weighted by Gasteiger charge is 1.89. The van der Waals surface area contributed by atoms with Crippen LogP contribution < -0.4 is 0 Å². The Balaban J connectivity index is 0. The second-order valence-electron chi connectivity index (χ2n) is 2.05. The molecule has 0 aromatic heterocycles. The maximum absolute atomic E-state index is 10.2. The molecule has 0 saturated carbocycles. The third-order valence-electron chi connectivity index (χ3n) is 1.05. The molecule has 2 N–H and O–H groups in total. The van der Waals surface area contributed by atoms with Crippen LogP contribution in [0.15, 0.2) is 0 Å². The van der Waals surface area contributed by atoms with Crippen LogP contribution in [0.1, 0.15) is 33.1 Å². The summed E-state index contributed by atoms with van der Waals surface area (Å²) in [5, 5.41) is 0. The largest absolute Gasteiger partial charge is 0.466 e. The highest BCUT2D eigenvalue weighted by atomic mass is 16.5. The van der Waals surface area contributed by atoms with E-state index in [1.165, 1.54) is 13.3 Å². The molecule has 0 saturated heterocycles. The molecule has 62 valence electrons. The fourth-order valence-electron chi connectivity index (χ4n) is 0.568. The van der Waals surface area contributed by atoms with Crippen LogP contribution in [0.25, 0.3) is 0 Å². The number of hydrogen-bond donors (Lipinski definition) is 0. The van der Waals surface area contributed by atoms with Crippen molar-refractivity contribution in [2.24, 2.45) is 0 Å². The van der Waals surface area contributed by atoms with Gasteiger partial charge in [0.1, 0.15) is 0 Å². The summed E-state index contributed by atoms with van der Waals surface area (Å²) in [6, 6.07) is 0. The van der Waals surface area contributed by atoms with Gasteiger partial charge in [-0.1, -0.05) is 19.8 Å². The van der Waals surface area contributed by atoms with E-state index in [4.69, 9.17) is 4.74 Å². The van der Waals surface area contributed by atoms with Gasteiger partial charge in [0.2, 0.25) is 0 Å². The number of unbranched alkanes of at least 4 members (excludes halogenated alkanes) is 2. The predicted octanol–water partition coefficient (Wildman–Crippen LogP) is 0.915. The minimum Gasteiger partial charge on any atom is -0.466 e. The number of carbonyl (C=O) groups excluding carboxylic acids is 1. The molecule has 0 heterocycles. The lowest BCUT2D eigenvalue weighted by molar-refractivity contribution is -0.141. The molecule has 0 fully saturated rings. The molecule has 0 spiro atoms. The SMILES string of the molecule is CCCCCOC(C)=O.O. The van der Waals surface area contributed by atoms with Crippen LogP contribution in [-0.4, -0.2) is 18.1 Å². The van der Waals surface area contributed by atoms with Gasteiger partial charge in [0.25, 0.3) is 0 Å². The summed E-state index contributed by atoms with van der Waals surface area (Å²) in [6.07, 6.45) is 3.31. The minimum absolute atomic E-state index is 0. The van der Waals surface area contributed by atoms with Crippen LogP contribution in [0.3, 0.4) is 0 Å². The maximum Gasteiger partial charge on any atom is 0.302 e. The predicted molar refractivity (Wildman–Crippen MR) is 39.8 cm³/mol. The molecule has 0 aromatic rings. The van der Waals surface area contributed by atoms with E-state index in [9.17, 15) is 4.79 Å². The van der Waals surface area contributed by atoms with Crippen molar-refractivity contribution < 1.29 is 15.0 Å². The zero-order chi connectivity index (χ0) is 7.11. The Bertz CT molecular complexity index is 80.9. The average molecular weight is 148 g/mol. The lowest BCUT2D eigenvalue weighted by Gasteiger charge is -1.98. The molecule has 0 atom stereocenters. The summed E-state index contributed by atoms with van der Waals surface area (Å²) >= 11 is 0. The Hall–Kier alpha value is -0.570. The Morgan fingerprint density at radius 3 is 2.40 bits per heavy atom. The Labute approximate surface area is 61.7 Å². The van der Waals surface area contributed by atoms with Crippen LogP contribution in [0, 0.1) is 0 Å². The third kappa shape index (κ3) is 10.4. The molecule has 3 nitrogen and oxygen atoms in total. The average Bonchev–Trinajstić information content (AvgIpc) is 1.80. The van der Waals surface area contributed by atoms with Gasteiger partial charge in [-0.25, -0.2) is 0 Å². The Morgan fingerprint density at radius 2 is 2.00 bits per heavy atom. The van der Waals surface area contributed by atoms with Gasteiger partial charge < -0.3 is 10.2 Å². The first-order chi connectivity index (χ1) is 4.27. The van der Waals surface area contributed by atoms with E-state index in [-0.39, 0.29) is 11.4 Å². The Kier molecular flexibility index (Phi) is 10.2. The van der Waals surface area contributed by atoms with E-state index >= 15 is 0 Å². The van der Waals surface area contributed by atoms with Crippen molar-refractivity contribution in [3.63, 3.8) is 0 Å². The van der Waals surface area contributed by atoms with Gasteiger partial charge in [0, 0.05) is 6.92 Å². The number of hydrogen-bond acceptors (Lipinski definition) is 2. The second kappa shape index (κ2) is 8.43. The molecule has 10 heavy (non-hydrogen) atoms. The molecule has 0 aromatic carbocycles. The molecule has 0 radical (unpaired) electrons. The monoisotopic (exact) mass is 148 g/mol. The van der Waals surface area contributed by atoms with E-state index in [0.29, 0.717) is 6.61 Å². The normalized spacial score (nSPS) is 8.20. The van der Waals surface area contributed by atoms with Crippen molar-refractivity contribution in [2.45, 2.75) is 33.1 Å². The van der Waals surface area contributed by atoms with Crippen LogP contribution >= 0.6 is 0 Å². The molecular formula is C7H16O3. The summed E-state index contributed by atoms with van der Waals surface area (Å²) in [5.74, 6) is -0.175. The first kappa shape index (κ1) is 12.1. The summed E-state index contributed by atoms with van der Waals surface area (Å²) in [6.45, 7) is 4.14. The van der Waals surface area contributed by atoms with Crippen molar-refractivity contribution in [1.82, 2.24) is 0 Å². The van der Waals surface area contributed by atoms with E-state index in [1.807, 2.05) is 0 Å². The van der Waals surface area contributed by atoms with Crippen molar-refractivity contribution in [3.05, 3.63) is 0 Å². The number of ether oxygens (including phenoxy) is 1. The van der Waals surface area contributed by atoms with Gasteiger partial charge in [0.05, 0.1) is 6.61 Å². The first-order valence-corrected chi connectivity index (χ1v) is 3.40. The summed E-state index contributed by atoms with van der Waals surface area (Å²) in [4.78, 5) is 10.2. The molecular weight excluding hydrogens is 132 g/mol. The van der Waals surface area contributed by atoms with Crippen molar-refractivity contribution >= 4 is 5.97 Å². The number of esters is 1. The van der Waals surface area contributed by atoms with Crippen LogP contribution in [0.5, 0.6) is 0 Å². The van der Waals surface area contributed by atoms with Crippen LogP contribution in [-0.2, 0) is 9.53 Å². The van der Waals surface area contributed by atoms with Crippen molar-refractivity contribution in [2.75, 3.05) is 6.61 Å². The molecule has 3 heteroatoms. The van der Waals surface area contributed by atoms with E-state index < -0.39 is 0 Å². The van der Waals surface area contributed by atoms with Gasteiger partial charge >= 0.3 is 5.97 Å². The van der Waals surface area contributed by atoms with Crippen molar-refractivity contribution in [1.29, 1.82) is 0 Å². The van der Waals surface area contributed by atoms with Crippen molar-refractivity contribution in [3.8, 4) is 0 Å². The summed E-state index contributed by atoms with van der Waals surface area (Å²) in [5.41, 5.74) is 0. The zero-order valence-corrected chi connectivity index (χ0v) is 6.64. The first-order valence-electron chi connectivity index (χ1n) is 3.40. The van der Waals surface area contributed by atoms with Gasteiger partial charge in [0.15, 0.2) is 0 Å².